The molecule has 0 amide bonds. The fraction of sp³-hybridized carbons (Fsp3) is 0.143. The number of hydrogen-bond acceptors (Lipinski definition) is 1. The summed E-state index contributed by atoms with van der Waals surface area (Å²) >= 11 is 3.82. The highest BCUT2D eigenvalue weighted by Gasteiger charge is 2.02. The van der Waals surface area contributed by atoms with Gasteiger partial charge in [-0.3, -0.25) is 0 Å². The molecule has 1 aromatic carbocycles. The molecule has 10 heavy (non-hydrogen) atoms. The summed E-state index contributed by atoms with van der Waals surface area (Å²) < 4.78 is 24.9. The zero-order valence-electron chi connectivity index (χ0n) is 5.36. The molecule has 0 fully saturated rings. The van der Waals surface area contributed by atoms with Gasteiger partial charge >= 0.3 is 0 Å². The van der Waals surface area contributed by atoms with E-state index in [0.29, 0.717) is 5.56 Å². The second kappa shape index (κ2) is 2.58. The summed E-state index contributed by atoms with van der Waals surface area (Å²) in [5.74, 6) is -1.17. The zero-order valence-corrected chi connectivity index (χ0v) is 6.25. The minimum atomic E-state index is -0.610. The third-order valence-electron chi connectivity index (χ3n) is 1.22. The highest BCUT2D eigenvalue weighted by molar-refractivity contribution is 7.80. The average Bonchev–Trinajstić information content (AvgIpc) is 1.82. The molecule has 1 rings (SSSR count). The lowest BCUT2D eigenvalue weighted by Crippen LogP contribution is -1.85. The molecule has 0 nitrogen and oxygen atoms in total. The highest BCUT2D eigenvalue weighted by atomic mass is 32.1. The summed E-state index contributed by atoms with van der Waals surface area (Å²) in [6, 6.07) is 2.06. The second-order valence-electron chi connectivity index (χ2n) is 2.05. The number of rotatable bonds is 0. The normalized spacial score (nSPS) is 10.0. The molecule has 3 heteroatoms. The molecule has 0 spiro atoms. The van der Waals surface area contributed by atoms with E-state index in [4.69, 9.17) is 0 Å². The third kappa shape index (κ3) is 1.29. The van der Waals surface area contributed by atoms with Crippen LogP contribution in [0.15, 0.2) is 17.0 Å². The van der Waals surface area contributed by atoms with Gasteiger partial charge in [-0.1, -0.05) is 0 Å². The smallest absolute Gasteiger partial charge is 0.139 e. The molecule has 0 heterocycles. The van der Waals surface area contributed by atoms with Crippen LogP contribution in [-0.2, 0) is 0 Å². The SMILES string of the molecule is Cc1cc(F)cc(F)c1S. The van der Waals surface area contributed by atoms with E-state index in [1.807, 2.05) is 0 Å². The number of hydrogen-bond donors (Lipinski definition) is 1. The minimum absolute atomic E-state index is 0.210. The first-order valence-electron chi connectivity index (χ1n) is 2.76. The van der Waals surface area contributed by atoms with Gasteiger partial charge in [-0.05, 0) is 18.6 Å². The Hall–Kier alpha value is -0.570. The van der Waals surface area contributed by atoms with E-state index in [9.17, 15) is 8.78 Å². The van der Waals surface area contributed by atoms with E-state index in [-0.39, 0.29) is 4.90 Å². The molecule has 0 radical (unpaired) electrons. The second-order valence-corrected chi connectivity index (χ2v) is 2.50. The first-order chi connectivity index (χ1) is 4.61. The molecule has 0 aliphatic heterocycles. The van der Waals surface area contributed by atoms with Gasteiger partial charge in [0.1, 0.15) is 11.6 Å². The molecule has 54 valence electrons. The lowest BCUT2D eigenvalue weighted by atomic mass is 10.2. The standard InChI is InChI=1S/C7H6F2S/c1-4-2-5(8)3-6(9)7(4)10/h2-3,10H,1H3. The summed E-state index contributed by atoms with van der Waals surface area (Å²) in [5, 5.41) is 0. The average molecular weight is 160 g/mol. The van der Waals surface area contributed by atoms with E-state index in [1.54, 1.807) is 6.92 Å². The van der Waals surface area contributed by atoms with Crippen molar-refractivity contribution in [2.45, 2.75) is 11.8 Å². The molecule has 0 aliphatic rings. The molecule has 0 saturated carbocycles. The monoisotopic (exact) mass is 160 g/mol. The summed E-state index contributed by atoms with van der Waals surface area (Å²) in [6.07, 6.45) is 0. The Morgan fingerprint density at radius 1 is 1.30 bits per heavy atom. The molecule has 0 aromatic heterocycles. The largest absolute Gasteiger partial charge is 0.207 e. The molecule has 0 saturated heterocycles. The topological polar surface area (TPSA) is 0 Å². The summed E-state index contributed by atoms with van der Waals surface area (Å²) in [4.78, 5) is 0.210. The minimum Gasteiger partial charge on any atom is -0.207 e. The molecule has 1 aromatic rings. The van der Waals surface area contributed by atoms with Crippen molar-refractivity contribution in [3.63, 3.8) is 0 Å². The van der Waals surface area contributed by atoms with Gasteiger partial charge in [-0.15, -0.1) is 12.6 Å². The van der Waals surface area contributed by atoms with E-state index < -0.39 is 11.6 Å². The predicted molar refractivity (Wildman–Crippen MR) is 38.3 cm³/mol. The van der Waals surface area contributed by atoms with Crippen molar-refractivity contribution < 1.29 is 8.78 Å². The van der Waals surface area contributed by atoms with E-state index in [1.165, 1.54) is 6.07 Å². The van der Waals surface area contributed by atoms with E-state index in [2.05, 4.69) is 12.6 Å². The number of thiol groups is 1. The maximum atomic E-state index is 12.5. The van der Waals surface area contributed by atoms with Crippen molar-refractivity contribution in [2.75, 3.05) is 0 Å². The third-order valence-corrected chi connectivity index (χ3v) is 1.79. The predicted octanol–water partition coefficient (Wildman–Crippen LogP) is 2.56. The van der Waals surface area contributed by atoms with Gasteiger partial charge in [0.25, 0.3) is 0 Å². The van der Waals surface area contributed by atoms with Crippen LogP contribution in [0.4, 0.5) is 8.78 Å². The lowest BCUT2D eigenvalue weighted by molar-refractivity contribution is 0.563. The van der Waals surface area contributed by atoms with Gasteiger partial charge in [0.05, 0.1) is 0 Å². The Morgan fingerprint density at radius 2 is 1.90 bits per heavy atom. The van der Waals surface area contributed by atoms with Gasteiger partial charge in [-0.25, -0.2) is 8.78 Å². The van der Waals surface area contributed by atoms with E-state index in [0.717, 1.165) is 6.07 Å². The molecule has 0 N–H and O–H groups in total. The Kier molecular flexibility index (Phi) is 1.94. The lowest BCUT2D eigenvalue weighted by Gasteiger charge is -1.98. The highest BCUT2D eigenvalue weighted by Crippen LogP contribution is 2.17. The number of halogens is 2. The first kappa shape index (κ1) is 7.54. The van der Waals surface area contributed by atoms with Crippen molar-refractivity contribution in [3.05, 3.63) is 29.3 Å². The number of benzene rings is 1. The van der Waals surface area contributed by atoms with Gasteiger partial charge < -0.3 is 0 Å². The van der Waals surface area contributed by atoms with Crippen LogP contribution < -0.4 is 0 Å². The fourth-order valence-electron chi connectivity index (χ4n) is 0.695. The quantitative estimate of drug-likeness (QED) is 0.554. The van der Waals surface area contributed by atoms with Crippen molar-refractivity contribution in [2.24, 2.45) is 0 Å². The zero-order chi connectivity index (χ0) is 7.72. The van der Waals surface area contributed by atoms with Gasteiger partial charge in [0.15, 0.2) is 0 Å². The van der Waals surface area contributed by atoms with Crippen LogP contribution in [0.2, 0.25) is 0 Å². The Morgan fingerprint density at radius 3 is 2.40 bits per heavy atom. The van der Waals surface area contributed by atoms with Crippen molar-refractivity contribution in [3.8, 4) is 0 Å². The first-order valence-corrected chi connectivity index (χ1v) is 3.20. The van der Waals surface area contributed by atoms with Gasteiger partial charge in [0.2, 0.25) is 0 Å². The molecule has 0 aliphatic carbocycles. The fourth-order valence-corrected chi connectivity index (χ4v) is 0.824. The molecular formula is C7H6F2S. The van der Waals surface area contributed by atoms with Crippen LogP contribution in [0.5, 0.6) is 0 Å². The molecule has 0 unspecified atom stereocenters. The van der Waals surface area contributed by atoms with Crippen LogP contribution in [0.1, 0.15) is 5.56 Å². The van der Waals surface area contributed by atoms with Crippen LogP contribution >= 0.6 is 12.6 Å². The molecule has 0 bridgehead atoms. The van der Waals surface area contributed by atoms with Crippen molar-refractivity contribution in [1.29, 1.82) is 0 Å². The molecule has 0 atom stereocenters. The summed E-state index contributed by atoms with van der Waals surface area (Å²) in [6.45, 7) is 1.61. The van der Waals surface area contributed by atoms with Crippen LogP contribution in [0, 0.1) is 18.6 Å². The van der Waals surface area contributed by atoms with Crippen molar-refractivity contribution in [1.82, 2.24) is 0 Å². The maximum Gasteiger partial charge on any atom is 0.139 e. The van der Waals surface area contributed by atoms with Crippen molar-refractivity contribution >= 4 is 12.6 Å². The Balaban J connectivity index is 3.31. The van der Waals surface area contributed by atoms with Gasteiger partial charge in [-0.2, -0.15) is 0 Å². The summed E-state index contributed by atoms with van der Waals surface area (Å²) in [5.41, 5.74) is 0.515. The van der Waals surface area contributed by atoms with Crippen LogP contribution in [0.3, 0.4) is 0 Å². The van der Waals surface area contributed by atoms with Gasteiger partial charge in [0, 0.05) is 11.0 Å². The van der Waals surface area contributed by atoms with Crippen LogP contribution in [-0.4, -0.2) is 0 Å². The molecular weight excluding hydrogens is 154 g/mol. The summed E-state index contributed by atoms with van der Waals surface area (Å²) in [7, 11) is 0. The Labute approximate surface area is 63.3 Å². The van der Waals surface area contributed by atoms with E-state index >= 15 is 0 Å². The maximum absolute atomic E-state index is 12.5. The van der Waals surface area contributed by atoms with Crippen LogP contribution in [0.25, 0.3) is 0 Å². The number of aryl methyl sites for hydroxylation is 1. The Bertz CT molecular complexity index is 235.